The standard InChI is InChI=1S/C13H10ClN3O.C4H10/c1-8-16-11-7-15-5-4-13(11)17(8)12-3-2-9(18)6-10(12)14;1-4(2)3/h2-7,18H,1H3;4H,1-3H3. The van der Waals surface area contributed by atoms with Gasteiger partial charge in [0, 0.05) is 12.3 Å². The Morgan fingerprint density at radius 1 is 1.18 bits per heavy atom. The fourth-order valence-electron chi connectivity index (χ4n) is 2.03. The number of rotatable bonds is 1. The lowest BCUT2D eigenvalue weighted by molar-refractivity contribution is 0.475. The van der Waals surface area contributed by atoms with E-state index in [2.05, 4.69) is 30.7 Å². The van der Waals surface area contributed by atoms with Gasteiger partial charge in [0.25, 0.3) is 0 Å². The van der Waals surface area contributed by atoms with Crippen molar-refractivity contribution in [1.29, 1.82) is 0 Å². The lowest BCUT2D eigenvalue weighted by atomic mass is 10.3. The number of nitrogens with zero attached hydrogens (tertiary/aromatic N) is 3. The Balaban J connectivity index is 0.000000396. The molecule has 5 heteroatoms. The van der Waals surface area contributed by atoms with E-state index in [0.717, 1.165) is 28.5 Å². The summed E-state index contributed by atoms with van der Waals surface area (Å²) >= 11 is 6.17. The molecule has 0 aliphatic carbocycles. The molecule has 0 spiro atoms. The summed E-state index contributed by atoms with van der Waals surface area (Å²) < 4.78 is 1.94. The SMILES string of the molecule is CC(C)C.Cc1nc2cnccc2n1-c1ccc(O)cc1Cl. The minimum atomic E-state index is 0.146. The van der Waals surface area contributed by atoms with Gasteiger partial charge < -0.3 is 5.11 Å². The fraction of sp³-hybridized carbons (Fsp3) is 0.294. The third-order valence-electron chi connectivity index (χ3n) is 2.80. The third kappa shape index (κ3) is 3.57. The molecule has 22 heavy (non-hydrogen) atoms. The molecular weight excluding hydrogens is 298 g/mol. The van der Waals surface area contributed by atoms with Crippen LogP contribution in [0.5, 0.6) is 5.75 Å². The summed E-state index contributed by atoms with van der Waals surface area (Å²) in [5.74, 6) is 1.80. The number of aromatic hydroxyl groups is 1. The first kappa shape index (κ1) is 16.3. The highest BCUT2D eigenvalue weighted by Crippen LogP contribution is 2.28. The van der Waals surface area contributed by atoms with Crippen LogP contribution in [0.4, 0.5) is 0 Å². The quantitative estimate of drug-likeness (QED) is 0.704. The molecule has 0 amide bonds. The van der Waals surface area contributed by atoms with E-state index in [4.69, 9.17) is 11.6 Å². The average molecular weight is 318 g/mol. The second kappa shape index (κ2) is 6.79. The van der Waals surface area contributed by atoms with Gasteiger partial charge in [-0.15, -0.1) is 0 Å². The van der Waals surface area contributed by atoms with Crippen molar-refractivity contribution in [1.82, 2.24) is 14.5 Å². The zero-order valence-electron chi connectivity index (χ0n) is 13.2. The number of imidazole rings is 1. The number of aromatic nitrogens is 3. The van der Waals surface area contributed by atoms with Crippen LogP contribution in [0.3, 0.4) is 0 Å². The molecule has 1 N–H and O–H groups in total. The van der Waals surface area contributed by atoms with Crippen LogP contribution in [0.2, 0.25) is 5.02 Å². The summed E-state index contributed by atoms with van der Waals surface area (Å²) in [6, 6.07) is 6.78. The number of phenolic OH excluding ortho intramolecular Hbond substituents is 1. The van der Waals surface area contributed by atoms with Crippen molar-refractivity contribution in [3.8, 4) is 11.4 Å². The predicted octanol–water partition coefficient (Wildman–Crippen LogP) is 4.75. The maximum atomic E-state index is 9.40. The van der Waals surface area contributed by atoms with Crippen molar-refractivity contribution in [3.63, 3.8) is 0 Å². The maximum absolute atomic E-state index is 9.40. The summed E-state index contributed by atoms with van der Waals surface area (Å²) in [5, 5.41) is 9.88. The lowest BCUT2D eigenvalue weighted by Gasteiger charge is -2.09. The summed E-state index contributed by atoms with van der Waals surface area (Å²) in [7, 11) is 0. The number of phenols is 1. The van der Waals surface area contributed by atoms with Gasteiger partial charge in [-0.05, 0) is 31.0 Å². The molecule has 0 unspecified atom stereocenters. The molecule has 3 rings (SSSR count). The molecule has 2 aromatic heterocycles. The summed E-state index contributed by atoms with van der Waals surface area (Å²) in [6.45, 7) is 8.41. The first-order valence-electron chi connectivity index (χ1n) is 7.18. The first-order chi connectivity index (χ1) is 10.4. The molecule has 0 radical (unpaired) electrons. The molecule has 0 atom stereocenters. The zero-order chi connectivity index (χ0) is 16.3. The van der Waals surface area contributed by atoms with Crippen LogP contribution in [0.1, 0.15) is 26.6 Å². The van der Waals surface area contributed by atoms with E-state index >= 15 is 0 Å². The van der Waals surface area contributed by atoms with E-state index in [1.807, 2.05) is 17.6 Å². The van der Waals surface area contributed by atoms with E-state index in [9.17, 15) is 5.11 Å². The van der Waals surface area contributed by atoms with Crippen LogP contribution in [-0.4, -0.2) is 19.6 Å². The highest BCUT2D eigenvalue weighted by atomic mass is 35.5. The molecule has 3 aromatic rings. The largest absolute Gasteiger partial charge is 0.508 e. The van der Waals surface area contributed by atoms with E-state index in [1.165, 1.54) is 6.07 Å². The highest BCUT2D eigenvalue weighted by Gasteiger charge is 2.11. The summed E-state index contributed by atoms with van der Waals surface area (Å²) in [4.78, 5) is 8.48. The van der Waals surface area contributed by atoms with Crippen LogP contribution >= 0.6 is 11.6 Å². The molecular formula is C17H20ClN3O. The minimum absolute atomic E-state index is 0.146. The smallest absolute Gasteiger partial charge is 0.117 e. The van der Waals surface area contributed by atoms with Crippen LogP contribution in [0, 0.1) is 12.8 Å². The number of hydrogen-bond donors (Lipinski definition) is 1. The Bertz CT molecular complexity index is 778. The maximum Gasteiger partial charge on any atom is 0.117 e. The van der Waals surface area contributed by atoms with Gasteiger partial charge in [0.1, 0.15) is 17.1 Å². The van der Waals surface area contributed by atoms with Crippen LogP contribution in [0.15, 0.2) is 36.7 Å². The second-order valence-corrected chi connectivity index (χ2v) is 6.13. The molecule has 0 saturated carbocycles. The monoisotopic (exact) mass is 317 g/mol. The topological polar surface area (TPSA) is 50.9 Å². The third-order valence-corrected chi connectivity index (χ3v) is 3.10. The van der Waals surface area contributed by atoms with Gasteiger partial charge in [0.05, 0.1) is 22.4 Å². The predicted molar refractivity (Wildman–Crippen MR) is 90.8 cm³/mol. The van der Waals surface area contributed by atoms with Crippen molar-refractivity contribution < 1.29 is 5.11 Å². The number of fused-ring (bicyclic) bond motifs is 1. The number of hydrogen-bond acceptors (Lipinski definition) is 3. The summed E-state index contributed by atoms with van der Waals surface area (Å²) in [5.41, 5.74) is 2.55. The lowest BCUT2D eigenvalue weighted by Crippen LogP contribution is -1.97. The summed E-state index contributed by atoms with van der Waals surface area (Å²) in [6.07, 6.45) is 3.43. The Hall–Kier alpha value is -2.07. The molecule has 0 fully saturated rings. The van der Waals surface area contributed by atoms with Crippen molar-refractivity contribution >= 4 is 22.6 Å². The van der Waals surface area contributed by atoms with Crippen molar-refractivity contribution in [2.45, 2.75) is 27.7 Å². The van der Waals surface area contributed by atoms with E-state index < -0.39 is 0 Å². The van der Waals surface area contributed by atoms with E-state index in [-0.39, 0.29) is 5.75 Å². The molecule has 0 saturated heterocycles. The molecule has 0 aliphatic rings. The Kier molecular flexibility index (Phi) is 5.03. The average Bonchev–Trinajstić information content (AvgIpc) is 2.74. The van der Waals surface area contributed by atoms with Crippen LogP contribution in [-0.2, 0) is 0 Å². The van der Waals surface area contributed by atoms with Gasteiger partial charge in [-0.1, -0.05) is 32.4 Å². The van der Waals surface area contributed by atoms with Gasteiger partial charge in [0.15, 0.2) is 0 Å². The van der Waals surface area contributed by atoms with Gasteiger partial charge in [-0.2, -0.15) is 0 Å². The minimum Gasteiger partial charge on any atom is -0.508 e. The Morgan fingerprint density at radius 3 is 2.50 bits per heavy atom. The van der Waals surface area contributed by atoms with Crippen LogP contribution < -0.4 is 0 Å². The molecule has 4 nitrogen and oxygen atoms in total. The van der Waals surface area contributed by atoms with Gasteiger partial charge >= 0.3 is 0 Å². The van der Waals surface area contributed by atoms with Crippen LogP contribution in [0.25, 0.3) is 16.7 Å². The number of halogens is 1. The molecule has 1 aromatic carbocycles. The van der Waals surface area contributed by atoms with Crippen molar-refractivity contribution in [3.05, 3.63) is 47.5 Å². The van der Waals surface area contributed by atoms with E-state index in [0.29, 0.717) is 5.02 Å². The number of pyridine rings is 1. The second-order valence-electron chi connectivity index (χ2n) is 5.73. The van der Waals surface area contributed by atoms with Gasteiger partial charge in [-0.3, -0.25) is 9.55 Å². The Labute approximate surface area is 135 Å². The first-order valence-corrected chi connectivity index (χ1v) is 7.56. The normalized spacial score (nSPS) is 10.6. The van der Waals surface area contributed by atoms with Gasteiger partial charge in [0.2, 0.25) is 0 Å². The highest BCUT2D eigenvalue weighted by molar-refractivity contribution is 6.32. The van der Waals surface area contributed by atoms with Crippen molar-refractivity contribution in [2.75, 3.05) is 0 Å². The van der Waals surface area contributed by atoms with E-state index in [1.54, 1.807) is 24.5 Å². The fourth-order valence-corrected chi connectivity index (χ4v) is 2.29. The molecule has 0 bridgehead atoms. The van der Waals surface area contributed by atoms with Gasteiger partial charge in [-0.25, -0.2) is 4.98 Å². The zero-order valence-corrected chi connectivity index (χ0v) is 14.0. The molecule has 116 valence electrons. The molecule has 2 heterocycles. The number of aryl methyl sites for hydroxylation is 1. The van der Waals surface area contributed by atoms with Crippen molar-refractivity contribution in [2.24, 2.45) is 5.92 Å². The number of benzene rings is 1. The molecule has 0 aliphatic heterocycles. The Morgan fingerprint density at radius 2 is 1.86 bits per heavy atom.